The summed E-state index contributed by atoms with van der Waals surface area (Å²) in [5.74, 6) is -0.0122. The molecule has 37 heavy (non-hydrogen) atoms. The summed E-state index contributed by atoms with van der Waals surface area (Å²) in [5.41, 5.74) is 1.34. The molecule has 0 aromatic heterocycles. The molecule has 0 bridgehead atoms. The van der Waals surface area contributed by atoms with E-state index in [2.05, 4.69) is 5.32 Å². The first-order chi connectivity index (χ1) is 18.1. The number of benzene rings is 3. The number of para-hydroxylation sites is 1. The van der Waals surface area contributed by atoms with Crippen LogP contribution in [0.1, 0.15) is 49.7 Å². The first kappa shape index (κ1) is 26.4. The van der Waals surface area contributed by atoms with E-state index in [-0.39, 0.29) is 36.6 Å². The molecule has 3 aromatic rings. The van der Waals surface area contributed by atoms with Crippen LogP contribution < -0.4 is 10.1 Å². The highest BCUT2D eigenvalue weighted by Crippen LogP contribution is 2.21. The van der Waals surface area contributed by atoms with Crippen molar-refractivity contribution in [3.05, 3.63) is 102 Å². The van der Waals surface area contributed by atoms with Gasteiger partial charge in [-0.3, -0.25) is 9.59 Å². The summed E-state index contributed by atoms with van der Waals surface area (Å²) in [7, 11) is 0. The molecular weight excluding hydrogens is 467 g/mol. The van der Waals surface area contributed by atoms with Crippen molar-refractivity contribution in [3.63, 3.8) is 0 Å². The molecule has 1 fully saturated rings. The predicted octanol–water partition coefficient (Wildman–Crippen LogP) is 5.68. The van der Waals surface area contributed by atoms with Crippen molar-refractivity contribution in [1.29, 1.82) is 0 Å². The number of carbonyl (C=O) groups is 2. The number of halogens is 1. The average molecular weight is 503 g/mol. The number of hydrogen-bond donors (Lipinski definition) is 1. The molecule has 2 amide bonds. The fourth-order valence-corrected chi connectivity index (χ4v) is 4.81. The Morgan fingerprint density at radius 1 is 0.919 bits per heavy atom. The summed E-state index contributed by atoms with van der Waals surface area (Å²) >= 11 is 0. The maximum absolute atomic E-state index is 14.7. The van der Waals surface area contributed by atoms with Crippen molar-refractivity contribution in [3.8, 4) is 5.75 Å². The number of ether oxygens (including phenoxy) is 1. The van der Waals surface area contributed by atoms with Crippen LogP contribution in [0, 0.1) is 5.82 Å². The molecule has 0 spiro atoms. The minimum atomic E-state index is -0.745. The molecule has 0 heterocycles. The van der Waals surface area contributed by atoms with Crippen LogP contribution in [0.3, 0.4) is 0 Å². The lowest BCUT2D eigenvalue weighted by Crippen LogP contribution is -2.52. The van der Waals surface area contributed by atoms with Gasteiger partial charge in [0.05, 0.1) is 6.61 Å². The van der Waals surface area contributed by atoms with E-state index < -0.39 is 6.04 Å². The van der Waals surface area contributed by atoms with Gasteiger partial charge < -0.3 is 15.0 Å². The standard InChI is InChI=1S/C31H35FN2O3/c32-28-19-10-7-14-25(28)23-34(30(35)20-11-21-37-27-17-5-2-6-18-27)29(22-24-12-3-1-4-13-24)31(36)33-26-15-8-9-16-26/h1-7,10,12-14,17-19,26,29H,8-9,11,15-16,20-23H2,(H,33,36)/t29-/m1/s1. The molecule has 1 aliphatic rings. The summed E-state index contributed by atoms with van der Waals surface area (Å²) in [5, 5.41) is 3.17. The summed E-state index contributed by atoms with van der Waals surface area (Å²) in [6.07, 6.45) is 5.12. The van der Waals surface area contributed by atoms with Crippen LogP contribution in [0.25, 0.3) is 0 Å². The van der Waals surface area contributed by atoms with Gasteiger partial charge in [-0.1, -0.05) is 79.6 Å². The van der Waals surface area contributed by atoms with Crippen molar-refractivity contribution in [2.24, 2.45) is 0 Å². The van der Waals surface area contributed by atoms with Crippen LogP contribution >= 0.6 is 0 Å². The third-order valence-electron chi connectivity index (χ3n) is 6.82. The largest absolute Gasteiger partial charge is 0.494 e. The third kappa shape index (κ3) is 7.91. The molecule has 0 radical (unpaired) electrons. The van der Waals surface area contributed by atoms with Crippen molar-refractivity contribution in [2.75, 3.05) is 6.61 Å². The second-order valence-electron chi connectivity index (χ2n) is 9.57. The minimum absolute atomic E-state index is 0.0284. The monoisotopic (exact) mass is 502 g/mol. The maximum atomic E-state index is 14.7. The van der Waals surface area contributed by atoms with Crippen molar-refractivity contribution < 1.29 is 18.7 Å². The SMILES string of the molecule is O=C(NC1CCCC1)[C@@H](Cc1ccccc1)N(Cc1ccccc1F)C(=O)CCCOc1ccccc1. The van der Waals surface area contributed by atoms with E-state index in [0.717, 1.165) is 37.0 Å². The Labute approximate surface area is 218 Å². The molecule has 6 heteroatoms. The van der Waals surface area contributed by atoms with Crippen molar-refractivity contribution in [1.82, 2.24) is 10.2 Å². The van der Waals surface area contributed by atoms with Gasteiger partial charge in [0.2, 0.25) is 11.8 Å². The molecule has 3 aromatic carbocycles. The number of nitrogens with one attached hydrogen (secondary N) is 1. The van der Waals surface area contributed by atoms with Gasteiger partial charge in [0, 0.05) is 31.0 Å². The molecule has 0 aliphatic heterocycles. The highest BCUT2D eigenvalue weighted by molar-refractivity contribution is 5.88. The van der Waals surface area contributed by atoms with E-state index in [0.29, 0.717) is 25.0 Å². The number of hydrogen-bond acceptors (Lipinski definition) is 3. The lowest BCUT2D eigenvalue weighted by Gasteiger charge is -2.32. The van der Waals surface area contributed by atoms with Crippen molar-refractivity contribution >= 4 is 11.8 Å². The topological polar surface area (TPSA) is 58.6 Å². The van der Waals surface area contributed by atoms with Gasteiger partial charge in [0.15, 0.2) is 0 Å². The van der Waals surface area contributed by atoms with Crippen LogP contribution in [0.15, 0.2) is 84.9 Å². The summed E-state index contributed by atoms with van der Waals surface area (Å²) in [6.45, 7) is 0.404. The zero-order valence-electron chi connectivity index (χ0n) is 21.2. The Hall–Kier alpha value is -3.67. The Balaban J connectivity index is 1.53. The lowest BCUT2D eigenvalue weighted by molar-refractivity contribution is -0.141. The smallest absolute Gasteiger partial charge is 0.243 e. The average Bonchev–Trinajstić information content (AvgIpc) is 3.43. The highest BCUT2D eigenvalue weighted by Gasteiger charge is 2.32. The second kappa shape index (κ2) is 13.6. The van der Waals surface area contributed by atoms with Gasteiger partial charge in [-0.2, -0.15) is 0 Å². The summed E-state index contributed by atoms with van der Waals surface area (Å²) < 4.78 is 20.4. The zero-order chi connectivity index (χ0) is 25.9. The van der Waals surface area contributed by atoms with Gasteiger partial charge >= 0.3 is 0 Å². The minimum Gasteiger partial charge on any atom is -0.494 e. The Bertz CT molecular complexity index is 1130. The Morgan fingerprint density at radius 3 is 2.27 bits per heavy atom. The number of rotatable bonds is 12. The number of carbonyl (C=O) groups excluding carboxylic acids is 2. The van der Waals surface area contributed by atoms with Crippen LogP contribution in [-0.2, 0) is 22.6 Å². The highest BCUT2D eigenvalue weighted by atomic mass is 19.1. The van der Waals surface area contributed by atoms with Gasteiger partial charge in [-0.25, -0.2) is 4.39 Å². The molecule has 1 saturated carbocycles. The molecule has 0 saturated heterocycles. The number of amides is 2. The van der Waals surface area contributed by atoms with E-state index in [4.69, 9.17) is 4.74 Å². The van der Waals surface area contributed by atoms with Crippen LogP contribution in [0.5, 0.6) is 5.75 Å². The molecule has 1 atom stereocenters. The van der Waals surface area contributed by atoms with Crippen LogP contribution in [-0.4, -0.2) is 35.4 Å². The van der Waals surface area contributed by atoms with E-state index in [1.165, 1.54) is 6.07 Å². The van der Waals surface area contributed by atoms with Crippen LogP contribution in [0.2, 0.25) is 0 Å². The predicted molar refractivity (Wildman–Crippen MR) is 142 cm³/mol. The van der Waals surface area contributed by atoms with E-state index in [1.807, 2.05) is 60.7 Å². The normalized spacial score (nSPS) is 14.2. The first-order valence-corrected chi connectivity index (χ1v) is 13.1. The molecule has 194 valence electrons. The molecule has 4 rings (SSSR count). The third-order valence-corrected chi connectivity index (χ3v) is 6.82. The molecule has 1 aliphatic carbocycles. The Morgan fingerprint density at radius 2 is 1.57 bits per heavy atom. The number of nitrogens with zero attached hydrogens (tertiary/aromatic N) is 1. The quantitative estimate of drug-likeness (QED) is 0.324. The van der Waals surface area contributed by atoms with Crippen molar-refractivity contribution in [2.45, 2.75) is 63.6 Å². The lowest BCUT2D eigenvalue weighted by atomic mass is 10.0. The maximum Gasteiger partial charge on any atom is 0.243 e. The van der Waals surface area contributed by atoms with E-state index in [9.17, 15) is 14.0 Å². The van der Waals surface area contributed by atoms with Gasteiger partial charge in [-0.15, -0.1) is 0 Å². The molecular formula is C31H35FN2O3. The van der Waals surface area contributed by atoms with Gasteiger partial charge in [0.25, 0.3) is 0 Å². The Kier molecular flexibility index (Phi) is 9.69. The first-order valence-electron chi connectivity index (χ1n) is 13.1. The zero-order valence-corrected chi connectivity index (χ0v) is 21.2. The fraction of sp³-hybridized carbons (Fsp3) is 0.355. The molecule has 1 N–H and O–H groups in total. The molecule has 5 nitrogen and oxygen atoms in total. The van der Waals surface area contributed by atoms with Crippen LogP contribution in [0.4, 0.5) is 4.39 Å². The van der Waals surface area contributed by atoms with E-state index >= 15 is 0 Å². The second-order valence-corrected chi connectivity index (χ2v) is 9.57. The van der Waals surface area contributed by atoms with E-state index in [1.54, 1.807) is 23.1 Å². The fourth-order valence-electron chi connectivity index (χ4n) is 4.81. The summed E-state index contributed by atoms with van der Waals surface area (Å²) in [6, 6.07) is 24.9. The van der Waals surface area contributed by atoms with Gasteiger partial charge in [0.1, 0.15) is 17.6 Å². The molecule has 0 unspecified atom stereocenters. The van der Waals surface area contributed by atoms with Gasteiger partial charge in [-0.05, 0) is 43.0 Å². The summed E-state index contributed by atoms with van der Waals surface area (Å²) in [4.78, 5) is 28.8.